The highest BCUT2D eigenvalue weighted by Gasteiger charge is 2.22. The lowest BCUT2D eigenvalue weighted by atomic mass is 10.1. The standard InChI is InChI=1S/C26H26N2OS2/c1-17(2)30-22-12-8-11-21(15-22)25(29)28(16-20-9-6-5-7-10-20)26-27-23-13-18(3)19(4)14-24(23)31-26/h5-15,17H,16H2,1-4H3. The molecule has 0 aliphatic carbocycles. The molecule has 31 heavy (non-hydrogen) atoms. The van der Waals surface area contributed by atoms with Crippen LogP contribution in [0.3, 0.4) is 0 Å². The summed E-state index contributed by atoms with van der Waals surface area (Å²) in [6, 6.07) is 22.3. The van der Waals surface area contributed by atoms with Crippen LogP contribution in [0.4, 0.5) is 5.13 Å². The van der Waals surface area contributed by atoms with E-state index in [0.29, 0.717) is 17.4 Å². The van der Waals surface area contributed by atoms with Crippen LogP contribution in [0.1, 0.15) is 40.9 Å². The largest absolute Gasteiger partial charge is 0.279 e. The number of benzene rings is 3. The first-order valence-corrected chi connectivity index (χ1v) is 12.1. The Morgan fingerprint density at radius 3 is 2.48 bits per heavy atom. The smallest absolute Gasteiger partial charge is 0.260 e. The molecule has 3 nitrogen and oxygen atoms in total. The van der Waals surface area contributed by atoms with Crippen molar-refractivity contribution in [2.24, 2.45) is 0 Å². The van der Waals surface area contributed by atoms with Crippen LogP contribution in [0.5, 0.6) is 0 Å². The molecule has 1 amide bonds. The van der Waals surface area contributed by atoms with Gasteiger partial charge in [-0.05, 0) is 60.9 Å². The monoisotopic (exact) mass is 446 g/mol. The SMILES string of the molecule is Cc1cc2nc(N(Cc3ccccc3)C(=O)c3cccc(SC(C)C)c3)sc2cc1C. The number of thiazole rings is 1. The van der Waals surface area contributed by atoms with Crippen LogP contribution in [0.2, 0.25) is 0 Å². The molecule has 3 aromatic carbocycles. The third-order valence-electron chi connectivity index (χ3n) is 5.10. The lowest BCUT2D eigenvalue weighted by molar-refractivity contribution is 0.0985. The molecule has 0 bridgehead atoms. The molecule has 0 aliphatic heterocycles. The van der Waals surface area contributed by atoms with Crippen LogP contribution in [-0.2, 0) is 6.54 Å². The fourth-order valence-electron chi connectivity index (χ4n) is 3.41. The second-order valence-electron chi connectivity index (χ2n) is 7.97. The molecule has 158 valence electrons. The summed E-state index contributed by atoms with van der Waals surface area (Å²) in [5.74, 6) is -0.0254. The Bertz CT molecular complexity index is 1180. The van der Waals surface area contributed by atoms with Crippen LogP contribution in [0.25, 0.3) is 10.2 Å². The van der Waals surface area contributed by atoms with Gasteiger partial charge in [0.1, 0.15) is 0 Å². The summed E-state index contributed by atoms with van der Waals surface area (Å²) >= 11 is 3.34. The lowest BCUT2D eigenvalue weighted by Gasteiger charge is -2.20. The summed E-state index contributed by atoms with van der Waals surface area (Å²) in [4.78, 5) is 21.4. The minimum Gasteiger partial charge on any atom is -0.279 e. The molecule has 0 saturated heterocycles. The predicted octanol–water partition coefficient (Wildman–Crippen LogP) is 7.26. The van der Waals surface area contributed by atoms with Gasteiger partial charge in [0.15, 0.2) is 5.13 Å². The normalized spacial score (nSPS) is 11.3. The summed E-state index contributed by atoms with van der Waals surface area (Å²) in [5, 5.41) is 1.19. The molecule has 4 rings (SSSR count). The highest BCUT2D eigenvalue weighted by molar-refractivity contribution is 7.99. The number of amides is 1. The first-order chi connectivity index (χ1) is 14.9. The second-order valence-corrected chi connectivity index (χ2v) is 10.6. The first kappa shape index (κ1) is 21.6. The molecular weight excluding hydrogens is 420 g/mol. The van der Waals surface area contributed by atoms with Crippen molar-refractivity contribution in [3.8, 4) is 0 Å². The topological polar surface area (TPSA) is 33.2 Å². The van der Waals surface area contributed by atoms with E-state index in [1.807, 2.05) is 53.4 Å². The van der Waals surface area contributed by atoms with Gasteiger partial charge in [0, 0.05) is 15.7 Å². The van der Waals surface area contributed by atoms with Crippen molar-refractivity contribution >= 4 is 44.4 Å². The van der Waals surface area contributed by atoms with Crippen LogP contribution in [0.15, 0.2) is 71.6 Å². The molecule has 0 aliphatic rings. The zero-order valence-corrected chi connectivity index (χ0v) is 19.9. The van der Waals surface area contributed by atoms with Gasteiger partial charge in [-0.1, -0.05) is 61.6 Å². The maximum Gasteiger partial charge on any atom is 0.260 e. The van der Waals surface area contributed by atoms with Gasteiger partial charge in [-0.3, -0.25) is 9.69 Å². The Morgan fingerprint density at radius 1 is 1.00 bits per heavy atom. The van der Waals surface area contributed by atoms with E-state index in [1.165, 1.54) is 11.1 Å². The molecule has 0 radical (unpaired) electrons. The van der Waals surface area contributed by atoms with Gasteiger partial charge in [-0.2, -0.15) is 0 Å². The Morgan fingerprint density at radius 2 is 1.74 bits per heavy atom. The van der Waals surface area contributed by atoms with Gasteiger partial charge >= 0.3 is 0 Å². The third-order valence-corrected chi connectivity index (χ3v) is 7.14. The van der Waals surface area contributed by atoms with Crippen molar-refractivity contribution < 1.29 is 4.79 Å². The number of fused-ring (bicyclic) bond motifs is 1. The first-order valence-electron chi connectivity index (χ1n) is 10.4. The maximum absolute atomic E-state index is 13.7. The number of carbonyl (C=O) groups excluding carboxylic acids is 1. The van der Waals surface area contributed by atoms with Crippen LogP contribution < -0.4 is 4.90 Å². The fraction of sp³-hybridized carbons (Fsp3) is 0.231. The van der Waals surface area contributed by atoms with Gasteiger partial charge < -0.3 is 0 Å². The average Bonchev–Trinajstić information content (AvgIpc) is 3.14. The molecular formula is C26H26N2OS2. The summed E-state index contributed by atoms with van der Waals surface area (Å²) in [6.45, 7) is 9.01. The molecule has 1 aromatic heterocycles. The Balaban J connectivity index is 1.75. The number of hydrogen-bond acceptors (Lipinski definition) is 4. The van der Waals surface area contributed by atoms with Crippen molar-refractivity contribution in [3.63, 3.8) is 0 Å². The molecule has 0 N–H and O–H groups in total. The highest BCUT2D eigenvalue weighted by Crippen LogP contribution is 2.33. The van der Waals surface area contributed by atoms with E-state index in [0.717, 1.165) is 25.8 Å². The number of rotatable bonds is 6. The van der Waals surface area contributed by atoms with Gasteiger partial charge in [-0.25, -0.2) is 4.98 Å². The molecule has 5 heteroatoms. The Kier molecular flexibility index (Phi) is 6.44. The number of aromatic nitrogens is 1. The number of anilines is 1. The number of nitrogens with zero attached hydrogens (tertiary/aromatic N) is 2. The number of thioether (sulfide) groups is 1. The van der Waals surface area contributed by atoms with E-state index in [2.05, 4.69) is 45.9 Å². The molecule has 0 atom stereocenters. The highest BCUT2D eigenvalue weighted by atomic mass is 32.2. The van der Waals surface area contributed by atoms with Crippen LogP contribution in [-0.4, -0.2) is 16.1 Å². The van der Waals surface area contributed by atoms with Gasteiger partial charge in [0.2, 0.25) is 0 Å². The van der Waals surface area contributed by atoms with Crippen molar-refractivity contribution in [2.75, 3.05) is 4.90 Å². The molecule has 1 heterocycles. The van der Waals surface area contributed by atoms with E-state index in [4.69, 9.17) is 4.98 Å². The van der Waals surface area contributed by atoms with E-state index < -0.39 is 0 Å². The number of hydrogen-bond donors (Lipinski definition) is 0. The summed E-state index contributed by atoms with van der Waals surface area (Å²) in [5.41, 5.74) is 5.16. The van der Waals surface area contributed by atoms with Gasteiger partial charge in [0.25, 0.3) is 5.91 Å². The van der Waals surface area contributed by atoms with Gasteiger partial charge in [-0.15, -0.1) is 11.8 Å². The lowest BCUT2D eigenvalue weighted by Crippen LogP contribution is -2.30. The van der Waals surface area contributed by atoms with E-state index in [-0.39, 0.29) is 5.91 Å². The zero-order chi connectivity index (χ0) is 22.0. The Labute approximate surface area is 192 Å². The molecule has 0 unspecified atom stereocenters. The quantitative estimate of drug-likeness (QED) is 0.292. The summed E-state index contributed by atoms with van der Waals surface area (Å²) in [7, 11) is 0. The van der Waals surface area contributed by atoms with E-state index >= 15 is 0 Å². The predicted molar refractivity (Wildman–Crippen MR) is 133 cm³/mol. The van der Waals surface area contributed by atoms with Crippen molar-refractivity contribution in [1.82, 2.24) is 4.98 Å². The molecule has 0 saturated carbocycles. The fourth-order valence-corrected chi connectivity index (χ4v) is 5.35. The zero-order valence-electron chi connectivity index (χ0n) is 18.3. The molecule has 0 fully saturated rings. The third kappa shape index (κ3) is 5.00. The minimum absolute atomic E-state index is 0.0254. The minimum atomic E-state index is -0.0254. The summed E-state index contributed by atoms with van der Waals surface area (Å²) in [6.07, 6.45) is 0. The van der Waals surface area contributed by atoms with Gasteiger partial charge in [0.05, 0.1) is 16.8 Å². The maximum atomic E-state index is 13.7. The number of aryl methyl sites for hydroxylation is 2. The molecule has 0 spiro atoms. The van der Waals surface area contributed by atoms with Crippen LogP contribution in [0, 0.1) is 13.8 Å². The average molecular weight is 447 g/mol. The van der Waals surface area contributed by atoms with E-state index in [1.54, 1.807) is 23.1 Å². The second kappa shape index (κ2) is 9.25. The van der Waals surface area contributed by atoms with E-state index in [9.17, 15) is 4.79 Å². The van der Waals surface area contributed by atoms with Crippen molar-refractivity contribution in [3.05, 3.63) is 89.0 Å². The molecule has 4 aromatic rings. The Hall–Kier alpha value is -2.63. The van der Waals surface area contributed by atoms with Crippen LogP contribution >= 0.6 is 23.1 Å². The summed E-state index contributed by atoms with van der Waals surface area (Å²) < 4.78 is 1.10. The van der Waals surface area contributed by atoms with Crippen molar-refractivity contribution in [1.29, 1.82) is 0 Å². The number of carbonyl (C=O) groups is 1. The van der Waals surface area contributed by atoms with Crippen molar-refractivity contribution in [2.45, 2.75) is 44.4 Å².